The monoisotopic (exact) mass is 413 g/mol. The first-order valence-electron chi connectivity index (χ1n) is 10.7. The topological polar surface area (TPSA) is 107 Å². The second-order valence-electron chi connectivity index (χ2n) is 8.50. The molecule has 3 heterocycles. The number of anilines is 2. The van der Waals surface area contributed by atoms with E-state index in [2.05, 4.69) is 19.7 Å². The lowest BCUT2D eigenvalue weighted by Crippen LogP contribution is -2.45. The number of aromatic nitrogens is 4. The van der Waals surface area contributed by atoms with Gasteiger partial charge in [-0.1, -0.05) is 18.2 Å². The molecule has 5 N–H and O–H groups in total. The number of benzene rings is 1. The van der Waals surface area contributed by atoms with Gasteiger partial charge in [0, 0.05) is 24.1 Å². The Balaban J connectivity index is 1.54. The van der Waals surface area contributed by atoms with E-state index in [1.54, 1.807) is 0 Å². The molecule has 0 unspecified atom stereocenters. The van der Waals surface area contributed by atoms with Gasteiger partial charge >= 0.3 is 0 Å². The van der Waals surface area contributed by atoms with Gasteiger partial charge in [-0.2, -0.15) is 0 Å². The van der Waals surface area contributed by atoms with E-state index in [9.17, 15) is 0 Å². The van der Waals surface area contributed by atoms with Crippen LogP contribution in [0.5, 0.6) is 0 Å². The molecule has 0 atom stereocenters. The summed E-state index contributed by atoms with van der Waals surface area (Å²) in [5.74, 6) is 0.688. The fourth-order valence-electron chi connectivity index (χ4n) is 4.24. The molecule has 7 nitrogen and oxygen atoms in total. The van der Waals surface area contributed by atoms with Gasteiger partial charge in [0.05, 0.1) is 28.8 Å². The Kier molecular flexibility index (Phi) is 4.92. The zero-order chi connectivity index (χ0) is 21.4. The molecule has 1 aliphatic carbocycles. The van der Waals surface area contributed by atoms with Gasteiger partial charge in [-0.25, -0.2) is 15.0 Å². The molecule has 31 heavy (non-hydrogen) atoms. The van der Waals surface area contributed by atoms with Crippen molar-refractivity contribution in [3.8, 4) is 11.4 Å². The van der Waals surface area contributed by atoms with Crippen molar-refractivity contribution in [2.75, 3.05) is 5.32 Å². The maximum atomic E-state index is 6.72. The smallest absolute Gasteiger partial charge is 0.148 e. The van der Waals surface area contributed by atoms with Crippen molar-refractivity contribution < 1.29 is 0 Å². The van der Waals surface area contributed by atoms with Crippen molar-refractivity contribution in [2.24, 2.45) is 11.5 Å². The standard InChI is InChI=1S/C24H27N7/c1-16-13-28-23(24(26)11-9-17(25)10-12-24)30-22(16)20-14-27-21-8-7-19(15-31(20)21)29-18-5-3-2-4-6-18/h2-8,13-15,17,29H,9-12,25-26H2,1H3. The molecule has 0 spiro atoms. The van der Waals surface area contributed by atoms with Gasteiger partial charge in [0.2, 0.25) is 0 Å². The van der Waals surface area contributed by atoms with Gasteiger partial charge in [-0.15, -0.1) is 0 Å². The van der Waals surface area contributed by atoms with Crippen LogP contribution in [0.2, 0.25) is 0 Å². The van der Waals surface area contributed by atoms with Crippen molar-refractivity contribution in [1.82, 2.24) is 19.4 Å². The normalized spacial score (nSPS) is 21.3. The van der Waals surface area contributed by atoms with Crippen LogP contribution in [-0.4, -0.2) is 25.4 Å². The maximum Gasteiger partial charge on any atom is 0.148 e. The first kappa shape index (κ1) is 19.7. The van der Waals surface area contributed by atoms with Crippen LogP contribution in [0.3, 0.4) is 0 Å². The Hall–Kier alpha value is -3.29. The highest BCUT2D eigenvalue weighted by Gasteiger charge is 2.35. The Morgan fingerprint density at radius 3 is 2.55 bits per heavy atom. The predicted octanol–water partition coefficient (Wildman–Crippen LogP) is 3.90. The van der Waals surface area contributed by atoms with Gasteiger partial charge < -0.3 is 16.8 Å². The summed E-state index contributed by atoms with van der Waals surface area (Å²) in [6.07, 6.45) is 9.17. The number of imidazole rings is 1. The van der Waals surface area contributed by atoms with Crippen LogP contribution in [-0.2, 0) is 5.54 Å². The van der Waals surface area contributed by atoms with Crippen LogP contribution in [0.15, 0.2) is 61.1 Å². The number of nitrogens with zero attached hydrogens (tertiary/aromatic N) is 4. The Labute approximate surface area is 181 Å². The minimum atomic E-state index is -0.529. The Morgan fingerprint density at radius 2 is 1.77 bits per heavy atom. The molecule has 158 valence electrons. The van der Waals surface area contributed by atoms with Crippen LogP contribution >= 0.6 is 0 Å². The molecule has 0 amide bonds. The number of nitrogens with one attached hydrogen (secondary N) is 1. The average Bonchev–Trinajstić information content (AvgIpc) is 3.20. The summed E-state index contributed by atoms with van der Waals surface area (Å²) in [6, 6.07) is 14.3. The quantitative estimate of drug-likeness (QED) is 0.468. The van der Waals surface area contributed by atoms with Crippen LogP contribution in [0, 0.1) is 6.92 Å². The number of aryl methyl sites for hydroxylation is 1. The van der Waals surface area contributed by atoms with Crippen molar-refractivity contribution in [1.29, 1.82) is 0 Å². The van der Waals surface area contributed by atoms with E-state index in [4.69, 9.17) is 16.5 Å². The van der Waals surface area contributed by atoms with E-state index < -0.39 is 5.54 Å². The molecule has 0 saturated heterocycles. The van der Waals surface area contributed by atoms with Crippen LogP contribution in [0.25, 0.3) is 17.0 Å². The molecule has 7 heteroatoms. The molecular formula is C24H27N7. The Bertz CT molecular complexity index is 1210. The predicted molar refractivity (Wildman–Crippen MR) is 123 cm³/mol. The van der Waals surface area contributed by atoms with Crippen molar-refractivity contribution in [2.45, 2.75) is 44.2 Å². The number of pyridine rings is 1. The van der Waals surface area contributed by atoms with Gasteiger partial charge in [-0.3, -0.25) is 4.40 Å². The van der Waals surface area contributed by atoms with E-state index in [-0.39, 0.29) is 6.04 Å². The lowest BCUT2D eigenvalue weighted by molar-refractivity contribution is 0.264. The van der Waals surface area contributed by atoms with Gasteiger partial charge in [0.15, 0.2) is 0 Å². The minimum absolute atomic E-state index is 0.218. The number of fused-ring (bicyclic) bond motifs is 1. The third-order valence-corrected chi connectivity index (χ3v) is 6.15. The SMILES string of the molecule is Cc1cnc(C2(N)CCC(N)CC2)nc1-c1cnc2ccc(Nc3ccccc3)cn12. The molecule has 0 aliphatic heterocycles. The largest absolute Gasteiger partial charge is 0.354 e. The second kappa shape index (κ2) is 7.76. The van der Waals surface area contributed by atoms with Crippen LogP contribution in [0.1, 0.15) is 37.1 Å². The third-order valence-electron chi connectivity index (χ3n) is 6.15. The van der Waals surface area contributed by atoms with E-state index >= 15 is 0 Å². The molecule has 1 fully saturated rings. The molecule has 1 aromatic carbocycles. The van der Waals surface area contributed by atoms with Gasteiger partial charge in [-0.05, 0) is 62.4 Å². The van der Waals surface area contributed by atoms with Crippen molar-refractivity contribution in [3.63, 3.8) is 0 Å². The lowest BCUT2D eigenvalue weighted by Gasteiger charge is -2.34. The van der Waals surface area contributed by atoms with E-state index in [1.165, 1.54) is 0 Å². The highest BCUT2D eigenvalue weighted by Crippen LogP contribution is 2.34. The second-order valence-corrected chi connectivity index (χ2v) is 8.50. The number of hydrogen-bond donors (Lipinski definition) is 3. The van der Waals surface area contributed by atoms with E-state index in [0.29, 0.717) is 5.82 Å². The summed E-state index contributed by atoms with van der Waals surface area (Å²) in [4.78, 5) is 14.1. The average molecular weight is 414 g/mol. The minimum Gasteiger partial charge on any atom is -0.354 e. The van der Waals surface area contributed by atoms with Crippen molar-refractivity contribution >= 4 is 17.0 Å². The van der Waals surface area contributed by atoms with Crippen LogP contribution in [0.4, 0.5) is 11.4 Å². The summed E-state index contributed by atoms with van der Waals surface area (Å²) >= 11 is 0. The van der Waals surface area contributed by atoms with Crippen molar-refractivity contribution in [3.05, 3.63) is 72.4 Å². The fraction of sp³-hybridized carbons (Fsp3) is 0.292. The molecule has 1 aliphatic rings. The number of nitrogens with two attached hydrogens (primary N) is 2. The first-order chi connectivity index (χ1) is 15.0. The molecular weight excluding hydrogens is 386 g/mol. The number of para-hydroxylation sites is 1. The third kappa shape index (κ3) is 3.78. The first-order valence-corrected chi connectivity index (χ1v) is 10.7. The van der Waals surface area contributed by atoms with E-state index in [0.717, 1.165) is 59.7 Å². The molecule has 0 bridgehead atoms. The molecule has 5 rings (SSSR count). The maximum absolute atomic E-state index is 6.72. The van der Waals surface area contributed by atoms with E-state index in [1.807, 2.05) is 68.0 Å². The Morgan fingerprint density at radius 1 is 1.00 bits per heavy atom. The van der Waals surface area contributed by atoms with Crippen LogP contribution < -0.4 is 16.8 Å². The summed E-state index contributed by atoms with van der Waals surface area (Å²) in [5, 5.41) is 3.44. The summed E-state index contributed by atoms with van der Waals surface area (Å²) in [6.45, 7) is 2.02. The summed E-state index contributed by atoms with van der Waals surface area (Å²) in [7, 11) is 0. The highest BCUT2D eigenvalue weighted by molar-refractivity contribution is 5.67. The van der Waals surface area contributed by atoms with Gasteiger partial charge in [0.1, 0.15) is 11.5 Å². The number of hydrogen-bond acceptors (Lipinski definition) is 6. The number of rotatable bonds is 4. The fourth-order valence-corrected chi connectivity index (χ4v) is 4.24. The van der Waals surface area contributed by atoms with Gasteiger partial charge in [0.25, 0.3) is 0 Å². The highest BCUT2D eigenvalue weighted by atomic mass is 15.1. The zero-order valence-corrected chi connectivity index (χ0v) is 17.6. The lowest BCUT2D eigenvalue weighted by atomic mass is 9.79. The molecule has 1 saturated carbocycles. The molecule has 3 aromatic heterocycles. The molecule has 0 radical (unpaired) electrons. The molecule has 4 aromatic rings. The summed E-state index contributed by atoms with van der Waals surface area (Å²) in [5.41, 5.74) is 17.9. The summed E-state index contributed by atoms with van der Waals surface area (Å²) < 4.78 is 2.06. The zero-order valence-electron chi connectivity index (χ0n) is 17.6.